The number of furan rings is 1. The van der Waals surface area contributed by atoms with Crippen molar-refractivity contribution < 1.29 is 4.42 Å². The molecule has 294 valence electrons. The van der Waals surface area contributed by atoms with E-state index >= 15 is 0 Å². The Morgan fingerprint density at radius 1 is 0.397 bits per heavy atom. The summed E-state index contributed by atoms with van der Waals surface area (Å²) in [5.41, 5.74) is 10.9. The Hall–Kier alpha value is -8.33. The summed E-state index contributed by atoms with van der Waals surface area (Å²) < 4.78 is 11.3. The molecule has 5 heterocycles. The summed E-state index contributed by atoms with van der Waals surface area (Å²) in [7, 11) is 0. The van der Waals surface area contributed by atoms with Crippen molar-refractivity contribution in [3.05, 3.63) is 194 Å². The van der Waals surface area contributed by atoms with Crippen molar-refractivity contribution in [2.45, 2.75) is 0 Å². The molecule has 0 N–H and O–H groups in total. The standard InChI is InChI=1S/C55H32N6OS/c1-4-15-33(16-5-1)52-58-53(34-17-6-2-7-18-34)60-55(59-52)41-23-14-26-47-48(41)42-31-35(28-30-46(42)63-47)49-51-50(40-22-11-13-25-45(40)62-51)57-54(56-49)36-27-29-39-38-21-10-12-24-43(38)61(44(39)32-36)37-19-8-3-9-20-37/h1-32H. The predicted molar refractivity (Wildman–Crippen MR) is 257 cm³/mol. The number of nitrogens with zero attached hydrogens (tertiary/aromatic N) is 6. The molecule has 0 spiro atoms. The number of hydrogen-bond donors (Lipinski definition) is 0. The summed E-state index contributed by atoms with van der Waals surface area (Å²) in [4.78, 5) is 25.9. The Kier molecular flexibility index (Phi) is 7.94. The van der Waals surface area contributed by atoms with Crippen LogP contribution in [0.15, 0.2) is 199 Å². The van der Waals surface area contributed by atoms with Gasteiger partial charge in [0, 0.05) is 69.8 Å². The van der Waals surface area contributed by atoms with Crippen LogP contribution >= 0.6 is 11.3 Å². The third-order valence-corrected chi connectivity index (χ3v) is 13.0. The van der Waals surface area contributed by atoms with E-state index in [9.17, 15) is 0 Å². The van der Waals surface area contributed by atoms with Gasteiger partial charge in [0.15, 0.2) is 28.9 Å². The third kappa shape index (κ3) is 5.76. The van der Waals surface area contributed by atoms with Gasteiger partial charge in [-0.2, -0.15) is 0 Å². The molecule has 0 saturated carbocycles. The number of aromatic nitrogens is 6. The summed E-state index contributed by atoms with van der Waals surface area (Å²) >= 11 is 1.76. The van der Waals surface area contributed by atoms with Crippen LogP contribution in [0.4, 0.5) is 0 Å². The van der Waals surface area contributed by atoms with E-state index in [0.717, 1.165) is 86.9 Å². The summed E-state index contributed by atoms with van der Waals surface area (Å²) in [6.45, 7) is 0. The van der Waals surface area contributed by atoms with Crippen molar-refractivity contribution in [3.63, 3.8) is 0 Å². The molecule has 13 aromatic rings. The van der Waals surface area contributed by atoms with Gasteiger partial charge in [-0.05, 0) is 54.6 Å². The van der Waals surface area contributed by atoms with E-state index in [4.69, 9.17) is 29.3 Å². The molecule has 5 aromatic heterocycles. The second-order valence-electron chi connectivity index (χ2n) is 15.6. The molecule has 0 radical (unpaired) electrons. The summed E-state index contributed by atoms with van der Waals surface area (Å²) in [5, 5.41) is 5.48. The highest BCUT2D eigenvalue weighted by Gasteiger charge is 2.22. The maximum atomic E-state index is 6.65. The van der Waals surface area contributed by atoms with Gasteiger partial charge < -0.3 is 8.98 Å². The Morgan fingerprint density at radius 3 is 1.81 bits per heavy atom. The first-order valence-electron chi connectivity index (χ1n) is 20.8. The molecule has 0 unspecified atom stereocenters. The van der Waals surface area contributed by atoms with Crippen LogP contribution in [0, 0.1) is 0 Å². The van der Waals surface area contributed by atoms with Gasteiger partial charge in [-0.25, -0.2) is 24.9 Å². The molecule has 63 heavy (non-hydrogen) atoms. The Labute approximate surface area is 364 Å². The monoisotopic (exact) mass is 824 g/mol. The van der Waals surface area contributed by atoms with E-state index in [-0.39, 0.29) is 0 Å². The van der Waals surface area contributed by atoms with E-state index in [1.54, 1.807) is 11.3 Å². The van der Waals surface area contributed by atoms with Crippen molar-refractivity contribution in [1.82, 2.24) is 29.5 Å². The fraction of sp³-hybridized carbons (Fsp3) is 0. The fourth-order valence-electron chi connectivity index (χ4n) is 8.97. The number of para-hydroxylation sites is 3. The molecule has 8 aromatic carbocycles. The van der Waals surface area contributed by atoms with Crippen LogP contribution in [0.3, 0.4) is 0 Å². The maximum absolute atomic E-state index is 6.65. The van der Waals surface area contributed by atoms with Crippen LogP contribution in [0.2, 0.25) is 0 Å². The van der Waals surface area contributed by atoms with E-state index in [1.807, 2.05) is 78.9 Å². The second kappa shape index (κ2) is 14.1. The molecule has 0 aliphatic rings. The van der Waals surface area contributed by atoms with Crippen LogP contribution in [-0.2, 0) is 0 Å². The summed E-state index contributed by atoms with van der Waals surface area (Å²) in [5.74, 6) is 2.49. The van der Waals surface area contributed by atoms with Crippen molar-refractivity contribution in [3.8, 4) is 62.5 Å². The lowest BCUT2D eigenvalue weighted by atomic mass is 10.0. The summed E-state index contributed by atoms with van der Waals surface area (Å²) in [6.07, 6.45) is 0. The molecule has 0 saturated heterocycles. The molecular weight excluding hydrogens is 793 g/mol. The average Bonchev–Trinajstić information content (AvgIpc) is 4.03. The predicted octanol–water partition coefficient (Wildman–Crippen LogP) is 14.4. The molecule has 0 bridgehead atoms. The van der Waals surface area contributed by atoms with Crippen LogP contribution < -0.4 is 0 Å². The van der Waals surface area contributed by atoms with E-state index < -0.39 is 0 Å². The van der Waals surface area contributed by atoms with Gasteiger partial charge in [0.05, 0.1) is 11.0 Å². The van der Waals surface area contributed by atoms with Gasteiger partial charge in [0.25, 0.3) is 0 Å². The minimum atomic E-state index is 0.616. The lowest BCUT2D eigenvalue weighted by Gasteiger charge is -2.10. The first kappa shape index (κ1) is 35.4. The van der Waals surface area contributed by atoms with Crippen molar-refractivity contribution in [2.75, 3.05) is 0 Å². The Morgan fingerprint density at radius 2 is 1.03 bits per heavy atom. The first-order valence-corrected chi connectivity index (χ1v) is 21.6. The normalized spacial score (nSPS) is 11.8. The number of thiophene rings is 1. The number of benzene rings is 8. The molecule has 7 nitrogen and oxygen atoms in total. The maximum Gasteiger partial charge on any atom is 0.180 e. The van der Waals surface area contributed by atoms with E-state index in [2.05, 4.69) is 120 Å². The number of fused-ring (bicyclic) bond motifs is 9. The van der Waals surface area contributed by atoms with Crippen LogP contribution in [0.1, 0.15) is 0 Å². The molecule has 13 rings (SSSR count). The smallest absolute Gasteiger partial charge is 0.180 e. The average molecular weight is 825 g/mol. The van der Waals surface area contributed by atoms with Gasteiger partial charge in [-0.15, -0.1) is 11.3 Å². The van der Waals surface area contributed by atoms with E-state index in [0.29, 0.717) is 28.9 Å². The van der Waals surface area contributed by atoms with Crippen LogP contribution in [0.25, 0.3) is 127 Å². The fourth-order valence-corrected chi connectivity index (χ4v) is 10.1. The van der Waals surface area contributed by atoms with Gasteiger partial charge in [0.1, 0.15) is 16.8 Å². The zero-order chi connectivity index (χ0) is 41.4. The molecular formula is C55H32N6OS. The first-order chi connectivity index (χ1) is 31.2. The van der Waals surface area contributed by atoms with Crippen LogP contribution in [-0.4, -0.2) is 29.5 Å². The highest BCUT2D eigenvalue weighted by atomic mass is 32.1. The zero-order valence-corrected chi connectivity index (χ0v) is 34.3. The Bertz CT molecular complexity index is 3860. The van der Waals surface area contributed by atoms with Crippen molar-refractivity contribution >= 4 is 75.4 Å². The Balaban J connectivity index is 1.03. The second-order valence-corrected chi connectivity index (χ2v) is 16.7. The molecule has 0 amide bonds. The molecule has 0 aliphatic heterocycles. The molecule has 0 aliphatic carbocycles. The minimum Gasteiger partial charge on any atom is -0.452 e. The molecule has 0 fully saturated rings. The highest BCUT2D eigenvalue weighted by molar-refractivity contribution is 7.26. The van der Waals surface area contributed by atoms with Gasteiger partial charge in [-0.1, -0.05) is 140 Å². The van der Waals surface area contributed by atoms with Gasteiger partial charge in [-0.3, -0.25) is 0 Å². The van der Waals surface area contributed by atoms with Crippen molar-refractivity contribution in [2.24, 2.45) is 0 Å². The lowest BCUT2D eigenvalue weighted by molar-refractivity contribution is 0.667. The van der Waals surface area contributed by atoms with Crippen molar-refractivity contribution in [1.29, 1.82) is 0 Å². The zero-order valence-electron chi connectivity index (χ0n) is 33.5. The SMILES string of the molecule is c1ccc(-c2nc(-c3ccccc3)nc(-c3cccc4sc5ccc(-c6nc(-c7ccc8c9ccccc9n(-c9ccccc9)c8c7)nc7c6oc6ccccc67)cc5c34)n2)cc1. The quantitative estimate of drug-likeness (QED) is 0.166. The van der Waals surface area contributed by atoms with E-state index in [1.165, 1.54) is 10.8 Å². The summed E-state index contributed by atoms with van der Waals surface area (Å²) in [6, 6.07) is 66.9. The largest absolute Gasteiger partial charge is 0.452 e. The number of hydrogen-bond acceptors (Lipinski definition) is 7. The molecule has 0 atom stereocenters. The number of rotatable bonds is 6. The van der Waals surface area contributed by atoms with Gasteiger partial charge in [0.2, 0.25) is 0 Å². The van der Waals surface area contributed by atoms with Gasteiger partial charge >= 0.3 is 0 Å². The lowest BCUT2D eigenvalue weighted by Crippen LogP contribution is -2.00. The highest BCUT2D eigenvalue weighted by Crippen LogP contribution is 2.43. The molecule has 8 heteroatoms. The topological polar surface area (TPSA) is 82.5 Å². The third-order valence-electron chi connectivity index (χ3n) is 11.9. The minimum absolute atomic E-state index is 0.616. The van der Waals surface area contributed by atoms with Crippen LogP contribution in [0.5, 0.6) is 0 Å².